The zero-order valence-corrected chi connectivity index (χ0v) is 23.6. The summed E-state index contributed by atoms with van der Waals surface area (Å²) in [5, 5.41) is 49.9. The molecule has 0 saturated carbocycles. The topological polar surface area (TPSA) is 249 Å². The molecule has 18 heteroatoms. The molecule has 46 heavy (non-hydrogen) atoms. The Kier molecular flexibility index (Phi) is 9.11. The van der Waals surface area contributed by atoms with Crippen LogP contribution in [0.25, 0.3) is 11.1 Å². The summed E-state index contributed by atoms with van der Waals surface area (Å²) >= 11 is 0. The van der Waals surface area contributed by atoms with Gasteiger partial charge in [0.2, 0.25) is 0 Å². The lowest BCUT2D eigenvalue weighted by Crippen LogP contribution is -2.15. The summed E-state index contributed by atoms with van der Waals surface area (Å²) in [7, 11) is 2.64. The van der Waals surface area contributed by atoms with E-state index in [0.717, 1.165) is 24.3 Å². The zero-order chi connectivity index (χ0) is 33.7. The van der Waals surface area contributed by atoms with Crippen LogP contribution in [0.3, 0.4) is 0 Å². The Balaban J connectivity index is 1.60. The van der Waals surface area contributed by atoms with Gasteiger partial charge in [-0.05, 0) is 47.5 Å². The molecule has 2 amide bonds. The second-order valence-corrected chi connectivity index (χ2v) is 9.17. The minimum Gasteiger partial charge on any atom is -0.495 e. The summed E-state index contributed by atoms with van der Waals surface area (Å²) < 4.78 is 10.8. The third kappa shape index (κ3) is 6.64. The van der Waals surface area contributed by atoms with E-state index in [0.29, 0.717) is 23.3 Å². The fraction of sp³-hybridized carbons (Fsp3) is 0.0714. The molecule has 0 spiro atoms. The molecule has 0 aliphatic carbocycles. The highest BCUT2D eigenvalue weighted by Crippen LogP contribution is 2.36. The van der Waals surface area contributed by atoms with E-state index in [4.69, 9.17) is 9.47 Å². The summed E-state index contributed by atoms with van der Waals surface area (Å²) in [5.74, 6) is -1.53. The van der Waals surface area contributed by atoms with Crippen LogP contribution in [0.1, 0.15) is 20.7 Å². The number of hydrogen-bond donors (Lipinski definition) is 2. The molecule has 0 bridgehead atoms. The van der Waals surface area contributed by atoms with Gasteiger partial charge in [0.25, 0.3) is 34.6 Å². The number of ether oxygens (including phenoxy) is 2. The third-order valence-electron chi connectivity index (χ3n) is 6.50. The van der Waals surface area contributed by atoms with Crippen molar-refractivity contribution in [3.05, 3.63) is 124 Å². The Bertz CT molecular complexity index is 1810. The van der Waals surface area contributed by atoms with Gasteiger partial charge < -0.3 is 20.1 Å². The van der Waals surface area contributed by atoms with E-state index < -0.39 is 65.4 Å². The number of carbonyl (C=O) groups is 2. The molecule has 0 radical (unpaired) electrons. The predicted molar refractivity (Wildman–Crippen MR) is 160 cm³/mol. The maximum Gasteiger partial charge on any atom is 0.289 e. The number of carbonyl (C=O) groups excluding carboxylic acids is 2. The number of hydrogen-bond acceptors (Lipinski definition) is 12. The van der Waals surface area contributed by atoms with Gasteiger partial charge in [0.15, 0.2) is 0 Å². The Morgan fingerprint density at radius 1 is 0.543 bits per heavy atom. The van der Waals surface area contributed by atoms with Crippen molar-refractivity contribution in [3.8, 4) is 22.6 Å². The average Bonchev–Trinajstić information content (AvgIpc) is 3.04. The normalized spacial score (nSPS) is 10.4. The van der Waals surface area contributed by atoms with Crippen molar-refractivity contribution in [1.82, 2.24) is 0 Å². The van der Waals surface area contributed by atoms with Gasteiger partial charge in [0.05, 0.1) is 57.4 Å². The van der Waals surface area contributed by atoms with E-state index >= 15 is 0 Å². The minimum atomic E-state index is -0.914. The van der Waals surface area contributed by atoms with Crippen molar-refractivity contribution < 1.29 is 38.8 Å². The monoisotopic (exact) mass is 632 g/mol. The summed E-state index contributed by atoms with van der Waals surface area (Å²) in [6.45, 7) is 0. The summed E-state index contributed by atoms with van der Waals surface area (Å²) in [4.78, 5) is 67.3. The second-order valence-electron chi connectivity index (χ2n) is 9.17. The number of nitrogens with one attached hydrogen (secondary N) is 2. The van der Waals surface area contributed by atoms with Gasteiger partial charge in [-0.1, -0.05) is 12.1 Å². The Morgan fingerprint density at radius 3 is 1.22 bits per heavy atom. The number of nitro benzene ring substituents is 4. The van der Waals surface area contributed by atoms with Gasteiger partial charge in [-0.2, -0.15) is 0 Å². The fourth-order valence-electron chi connectivity index (χ4n) is 4.28. The van der Waals surface area contributed by atoms with E-state index in [1.807, 2.05) is 0 Å². The van der Waals surface area contributed by atoms with Gasteiger partial charge in [-0.3, -0.25) is 50.0 Å². The molecule has 18 nitrogen and oxygen atoms in total. The maximum absolute atomic E-state index is 12.9. The lowest BCUT2D eigenvalue weighted by atomic mass is 10.0. The summed E-state index contributed by atoms with van der Waals surface area (Å²) in [6, 6.07) is 14.4. The van der Waals surface area contributed by atoms with Crippen LogP contribution in [-0.2, 0) is 0 Å². The SMILES string of the molecule is COc1cc(-c2ccc(NC(=O)c3ccc([N+](=O)[O-])cc3[N+](=O)[O-])c(OC)c2)ccc1NC(=O)c1ccc([N+](=O)[O-])cc1[N+](=O)[O-]. The number of nitrogens with zero attached hydrogens (tertiary/aromatic N) is 4. The maximum atomic E-state index is 12.9. The molecule has 4 aromatic rings. The van der Waals surface area contributed by atoms with Crippen LogP contribution in [0.2, 0.25) is 0 Å². The summed E-state index contributed by atoms with van der Waals surface area (Å²) in [5.41, 5.74) is -2.12. The molecule has 0 heterocycles. The van der Waals surface area contributed by atoms with Gasteiger partial charge in [-0.15, -0.1) is 0 Å². The second kappa shape index (κ2) is 13.1. The van der Waals surface area contributed by atoms with Crippen LogP contribution in [-0.4, -0.2) is 45.7 Å². The highest BCUT2D eigenvalue weighted by molar-refractivity contribution is 6.09. The van der Waals surface area contributed by atoms with Crippen LogP contribution in [0.4, 0.5) is 34.1 Å². The van der Waals surface area contributed by atoms with E-state index in [2.05, 4.69) is 10.6 Å². The number of nitro groups is 4. The summed E-state index contributed by atoms with van der Waals surface area (Å²) in [6.07, 6.45) is 0. The highest BCUT2D eigenvalue weighted by atomic mass is 16.6. The van der Waals surface area contributed by atoms with Gasteiger partial charge >= 0.3 is 0 Å². The van der Waals surface area contributed by atoms with Crippen molar-refractivity contribution in [3.63, 3.8) is 0 Å². The van der Waals surface area contributed by atoms with Crippen molar-refractivity contribution >= 4 is 45.9 Å². The quantitative estimate of drug-likeness (QED) is 0.153. The average molecular weight is 632 g/mol. The predicted octanol–water partition coefficient (Wildman–Crippen LogP) is 5.51. The highest BCUT2D eigenvalue weighted by Gasteiger charge is 2.26. The molecular formula is C28H20N6O12. The lowest BCUT2D eigenvalue weighted by Gasteiger charge is -2.15. The number of amides is 2. The van der Waals surface area contributed by atoms with Crippen LogP contribution in [0.5, 0.6) is 11.5 Å². The van der Waals surface area contributed by atoms with Crippen LogP contribution in [0, 0.1) is 40.5 Å². The minimum absolute atomic E-state index is 0.129. The Labute approximate surface area is 256 Å². The smallest absolute Gasteiger partial charge is 0.289 e. The third-order valence-corrected chi connectivity index (χ3v) is 6.50. The molecule has 0 aliphatic heterocycles. The first-order valence-corrected chi connectivity index (χ1v) is 12.7. The van der Waals surface area contributed by atoms with E-state index in [1.165, 1.54) is 38.5 Å². The first kappa shape index (κ1) is 31.9. The van der Waals surface area contributed by atoms with E-state index in [-0.39, 0.29) is 22.9 Å². The first-order chi connectivity index (χ1) is 21.8. The number of non-ortho nitro benzene ring substituents is 2. The number of benzene rings is 4. The first-order valence-electron chi connectivity index (χ1n) is 12.7. The molecule has 2 N–H and O–H groups in total. The zero-order valence-electron chi connectivity index (χ0n) is 23.6. The number of anilines is 2. The molecule has 0 aliphatic rings. The molecule has 0 saturated heterocycles. The van der Waals surface area contributed by atoms with Crippen molar-refractivity contribution in [2.24, 2.45) is 0 Å². The van der Waals surface area contributed by atoms with Crippen LogP contribution in [0.15, 0.2) is 72.8 Å². The van der Waals surface area contributed by atoms with Gasteiger partial charge in [-0.25, -0.2) is 0 Å². The van der Waals surface area contributed by atoms with Gasteiger partial charge in [0.1, 0.15) is 22.6 Å². The van der Waals surface area contributed by atoms with Crippen molar-refractivity contribution in [2.75, 3.05) is 24.9 Å². The molecule has 4 aromatic carbocycles. The van der Waals surface area contributed by atoms with E-state index in [9.17, 15) is 50.0 Å². The fourth-order valence-corrected chi connectivity index (χ4v) is 4.28. The Morgan fingerprint density at radius 2 is 0.913 bits per heavy atom. The molecular weight excluding hydrogens is 612 g/mol. The molecule has 0 unspecified atom stereocenters. The van der Waals surface area contributed by atoms with Crippen LogP contribution < -0.4 is 20.1 Å². The largest absolute Gasteiger partial charge is 0.495 e. The molecule has 4 rings (SSSR count). The standard InChI is InChI=1S/C28H20N6O12/c1-45-25-11-15(3-9-21(25)29-27(35)19-7-5-17(31(37)38)13-23(19)33(41)42)16-4-10-22(26(12-16)46-2)30-28(36)20-8-6-18(32(39)40)14-24(20)34(43)44/h3-14H,1-2H3,(H,29,35)(H,30,36). The molecule has 0 fully saturated rings. The van der Waals surface area contributed by atoms with Crippen molar-refractivity contribution in [1.29, 1.82) is 0 Å². The lowest BCUT2D eigenvalue weighted by molar-refractivity contribution is -0.394. The Hall–Kier alpha value is -6.98. The molecule has 234 valence electrons. The molecule has 0 aromatic heterocycles. The number of rotatable bonds is 11. The molecule has 0 atom stereocenters. The number of methoxy groups -OCH3 is 2. The van der Waals surface area contributed by atoms with Crippen molar-refractivity contribution in [2.45, 2.75) is 0 Å². The van der Waals surface area contributed by atoms with E-state index in [1.54, 1.807) is 12.1 Å². The van der Waals surface area contributed by atoms with Crippen LogP contribution >= 0.6 is 0 Å². The van der Waals surface area contributed by atoms with Gasteiger partial charge in [0, 0.05) is 12.1 Å².